The van der Waals surface area contributed by atoms with E-state index in [4.69, 9.17) is 28.9 Å². The molecule has 7 aromatic rings. The number of hydrogen-bond acceptors (Lipinski definition) is 17. The van der Waals surface area contributed by atoms with Crippen molar-refractivity contribution in [2.24, 2.45) is 5.92 Å². The van der Waals surface area contributed by atoms with Crippen molar-refractivity contribution in [3.63, 3.8) is 0 Å². The largest absolute Gasteiger partial charge is 0.508 e. The number of thiazole rings is 1. The number of phenols is 1. The number of phenolic OH excluding ortho intramolecular Hbond substituents is 1. The van der Waals surface area contributed by atoms with E-state index >= 15 is 4.39 Å². The summed E-state index contributed by atoms with van der Waals surface area (Å²) in [7, 11) is 0. The zero-order valence-corrected chi connectivity index (χ0v) is 46.8. The number of fused-ring (bicyclic) bond motifs is 4. The van der Waals surface area contributed by atoms with Crippen molar-refractivity contribution >= 4 is 56.5 Å². The first kappa shape index (κ1) is 53.8. The first-order valence-corrected chi connectivity index (χ1v) is 29.3. The van der Waals surface area contributed by atoms with Gasteiger partial charge in [0.1, 0.15) is 41.3 Å². The summed E-state index contributed by atoms with van der Waals surface area (Å²) in [5.74, 6) is -0.331. The van der Waals surface area contributed by atoms with Crippen LogP contribution in [-0.4, -0.2) is 152 Å². The number of anilines is 2. The molecule has 5 aliphatic rings. The number of nitrogens with one attached hydrogen (secondary N) is 2. The second-order valence-electron chi connectivity index (χ2n) is 22.8. The number of carbonyl (C=O) groups excluding carboxylic acids is 2. The molecule has 0 aliphatic carbocycles. The number of piperidine rings is 1. The quantitative estimate of drug-likeness (QED) is 0.0683. The fourth-order valence-electron chi connectivity index (χ4n) is 12.7. The molecule has 4 N–H and O–H groups in total. The monoisotopic (exact) mass is 1110 g/mol. The summed E-state index contributed by atoms with van der Waals surface area (Å²) < 4.78 is 35.9. The maximum atomic E-state index is 17.1. The van der Waals surface area contributed by atoms with Crippen LogP contribution in [0.5, 0.6) is 11.8 Å². The lowest BCUT2D eigenvalue weighted by molar-refractivity contribution is -0.141. The van der Waals surface area contributed by atoms with Gasteiger partial charge in [0, 0.05) is 88.7 Å². The third-order valence-electron chi connectivity index (χ3n) is 17.0. The number of nitrogens with zero attached hydrogens (tertiary/aromatic N) is 9. The number of β-amino-alcohol motifs (C(OH)–C–C–N with tert-alkyl or cyclic N) is 1. The molecular formula is C60H70FN11O7S. The zero-order valence-electron chi connectivity index (χ0n) is 46.0. The highest BCUT2D eigenvalue weighted by Crippen LogP contribution is 2.40. The average Bonchev–Trinajstić information content (AvgIpc) is 4.30. The molecule has 0 spiro atoms. The number of aromatic hydroxyl groups is 1. The maximum absolute atomic E-state index is 17.1. The van der Waals surface area contributed by atoms with E-state index in [2.05, 4.69) is 42.4 Å². The second-order valence-corrected chi connectivity index (χ2v) is 23.6. The van der Waals surface area contributed by atoms with Gasteiger partial charge in [-0.2, -0.15) is 9.97 Å². The smallest absolute Gasteiger partial charge is 0.319 e. The molecule has 0 radical (unpaired) electrons. The minimum absolute atomic E-state index is 0.0203. The zero-order chi connectivity index (χ0) is 55.3. The van der Waals surface area contributed by atoms with Crippen LogP contribution in [0, 0.1) is 18.7 Å². The summed E-state index contributed by atoms with van der Waals surface area (Å²) in [6.07, 6.45) is 5.71. The number of rotatable bonds is 17. The average molecular weight is 1110 g/mol. The highest BCUT2D eigenvalue weighted by molar-refractivity contribution is 7.13. The third kappa shape index (κ3) is 10.8. The SMILES string of the molecule is CCc1cccc2cc(O)cc(-c3ncc4c(N5CC6CCC(C5)N6)nc(OCCN5CCC(OC6CN(c7cc(C(C(=O)N8C[C@H](O)C[C@H]8C(=O)NC(C)c8ccc(-c9scnc9C)cc8)C(C)C)on7)C6)CC5)nc4c3F)c12. The molecule has 420 valence electrons. The van der Waals surface area contributed by atoms with Crippen molar-refractivity contribution in [1.82, 2.24) is 45.5 Å². The number of likely N-dealkylation sites (tertiary alicyclic amines) is 2. The number of aliphatic hydroxyl groups is 1. The fourth-order valence-corrected chi connectivity index (χ4v) is 13.5. The van der Waals surface area contributed by atoms with E-state index in [0.29, 0.717) is 66.7 Å². The number of aliphatic hydroxyl groups excluding tert-OH is 1. The van der Waals surface area contributed by atoms with Crippen LogP contribution in [0.3, 0.4) is 0 Å². The van der Waals surface area contributed by atoms with Gasteiger partial charge < -0.3 is 49.5 Å². The lowest BCUT2D eigenvalue weighted by Crippen LogP contribution is -2.54. The summed E-state index contributed by atoms with van der Waals surface area (Å²) in [5.41, 5.74) is 6.61. The molecule has 18 nitrogen and oxygen atoms in total. The third-order valence-corrected chi connectivity index (χ3v) is 17.9. The minimum Gasteiger partial charge on any atom is -0.508 e. The van der Waals surface area contributed by atoms with Crippen LogP contribution < -0.4 is 25.2 Å². The Morgan fingerprint density at radius 3 is 2.44 bits per heavy atom. The molecule has 0 saturated carbocycles. The Morgan fingerprint density at radius 2 is 1.71 bits per heavy atom. The van der Waals surface area contributed by atoms with Crippen LogP contribution in [0.2, 0.25) is 0 Å². The number of amides is 2. The molecule has 2 amide bonds. The van der Waals surface area contributed by atoms with Crippen molar-refractivity contribution in [2.45, 2.75) is 122 Å². The Morgan fingerprint density at radius 1 is 0.938 bits per heavy atom. The standard InChI is InChI=1S/C60H70FN11O7S/c1-6-36-8-7-9-39-22-42(73)23-46(52(36)39)54-53(61)55-47(26-62-54)57(71-27-40-14-15-41(28-71)65-40)67-60(66-55)77-21-20-69-18-16-44(17-19-69)78-45-30-70(31-45)50-25-49(79-68-50)51(33(2)3)59(76)72-29-43(74)24-48(72)58(75)64-34(4)37-10-12-38(13-11-37)56-35(5)63-32-80-56/h7-13,22-23,25-26,32-34,40-41,43-45,48,51,65,73-74H,6,14-21,24,27-31H2,1-5H3,(H,64,75)/t34?,40?,41?,43-,48+,51?/m1/s1. The molecule has 9 heterocycles. The predicted molar refractivity (Wildman–Crippen MR) is 305 cm³/mol. The van der Waals surface area contributed by atoms with Crippen LogP contribution in [0.25, 0.3) is 43.4 Å². The van der Waals surface area contributed by atoms with Gasteiger partial charge >= 0.3 is 6.01 Å². The van der Waals surface area contributed by atoms with Gasteiger partial charge in [0.15, 0.2) is 17.4 Å². The molecule has 5 saturated heterocycles. The number of carbonyl (C=O) groups is 2. The number of aromatic nitrogens is 5. The molecule has 20 heteroatoms. The molecule has 6 atom stereocenters. The Hall–Kier alpha value is -6.84. The fraction of sp³-hybridized carbons (Fsp3) is 0.483. The lowest BCUT2D eigenvalue weighted by Gasteiger charge is -2.42. The van der Waals surface area contributed by atoms with Crippen LogP contribution in [-0.2, 0) is 20.7 Å². The number of benzene rings is 3. The van der Waals surface area contributed by atoms with E-state index in [0.717, 1.165) is 96.3 Å². The highest BCUT2D eigenvalue weighted by atomic mass is 32.1. The summed E-state index contributed by atoms with van der Waals surface area (Å²) in [6.45, 7) is 15.3. The van der Waals surface area contributed by atoms with Crippen LogP contribution in [0.1, 0.15) is 94.3 Å². The lowest BCUT2D eigenvalue weighted by atomic mass is 9.91. The van der Waals surface area contributed by atoms with E-state index in [1.54, 1.807) is 29.7 Å². The van der Waals surface area contributed by atoms with Gasteiger partial charge in [-0.15, -0.1) is 11.3 Å². The molecule has 80 heavy (non-hydrogen) atoms. The molecule has 4 aromatic heterocycles. The highest BCUT2D eigenvalue weighted by Gasteiger charge is 2.44. The number of piperazine rings is 1. The van der Waals surface area contributed by atoms with Crippen molar-refractivity contribution < 1.29 is 38.2 Å². The number of aryl methyl sites for hydroxylation is 2. The summed E-state index contributed by atoms with van der Waals surface area (Å²) in [5, 5.41) is 34.9. The molecule has 5 aliphatic heterocycles. The van der Waals surface area contributed by atoms with Gasteiger partial charge in [0.05, 0.1) is 45.8 Å². The normalized spacial score (nSPS) is 21.7. The number of pyridine rings is 1. The maximum Gasteiger partial charge on any atom is 0.319 e. The Bertz CT molecular complexity index is 3390. The van der Waals surface area contributed by atoms with Gasteiger partial charge in [-0.05, 0) is 91.5 Å². The predicted octanol–water partition coefficient (Wildman–Crippen LogP) is 7.94. The Kier molecular flexibility index (Phi) is 15.2. The van der Waals surface area contributed by atoms with Gasteiger partial charge in [-0.1, -0.05) is 68.4 Å². The Labute approximate surface area is 468 Å². The number of ether oxygens (including phenoxy) is 2. The van der Waals surface area contributed by atoms with Gasteiger partial charge in [0.25, 0.3) is 0 Å². The summed E-state index contributed by atoms with van der Waals surface area (Å²) >= 11 is 1.59. The van der Waals surface area contributed by atoms with Crippen LogP contribution in [0.4, 0.5) is 16.0 Å². The van der Waals surface area contributed by atoms with E-state index < -0.39 is 23.9 Å². The van der Waals surface area contributed by atoms with Gasteiger partial charge in [0.2, 0.25) is 11.8 Å². The Balaban J connectivity index is 0.640. The van der Waals surface area contributed by atoms with Gasteiger partial charge in [-0.25, -0.2) is 9.37 Å². The number of halogens is 1. The molecule has 3 aromatic carbocycles. The molecule has 5 fully saturated rings. The van der Waals surface area contributed by atoms with Crippen LogP contribution in [0.15, 0.2) is 76.9 Å². The molecular weight excluding hydrogens is 1040 g/mol. The number of hydrogen-bond donors (Lipinski definition) is 4. The molecule has 12 rings (SSSR count). The van der Waals surface area contributed by atoms with Crippen molar-refractivity contribution in [1.29, 1.82) is 0 Å². The van der Waals surface area contributed by atoms with E-state index in [9.17, 15) is 19.8 Å². The first-order chi connectivity index (χ1) is 38.7. The summed E-state index contributed by atoms with van der Waals surface area (Å²) in [6, 6.07) is 18.7. The summed E-state index contributed by atoms with van der Waals surface area (Å²) in [4.78, 5) is 56.2. The van der Waals surface area contributed by atoms with Gasteiger partial charge in [-0.3, -0.25) is 19.5 Å². The van der Waals surface area contributed by atoms with E-state index in [1.807, 2.05) is 81.7 Å². The molecule has 4 unspecified atom stereocenters. The van der Waals surface area contributed by atoms with Crippen molar-refractivity contribution in [3.05, 3.63) is 101 Å². The second kappa shape index (κ2) is 22.6. The van der Waals surface area contributed by atoms with E-state index in [-0.39, 0.29) is 71.9 Å². The first-order valence-electron chi connectivity index (χ1n) is 28.4. The molecule has 2 bridgehead atoms. The minimum atomic E-state index is -0.831. The topological polar surface area (TPSA) is 208 Å². The van der Waals surface area contributed by atoms with E-state index in [1.165, 1.54) is 4.90 Å². The van der Waals surface area contributed by atoms with Crippen LogP contribution >= 0.6 is 11.3 Å². The van der Waals surface area contributed by atoms with Crippen molar-refractivity contribution in [2.75, 3.05) is 68.8 Å². The van der Waals surface area contributed by atoms with Crippen molar-refractivity contribution in [3.8, 4) is 33.5 Å².